The van der Waals surface area contributed by atoms with Crippen molar-refractivity contribution in [2.45, 2.75) is 42.2 Å². The van der Waals surface area contributed by atoms with Gasteiger partial charge in [0.25, 0.3) is 0 Å². The summed E-state index contributed by atoms with van der Waals surface area (Å²) in [5, 5.41) is 11.5. The minimum Gasteiger partial charge on any atom is -0.361 e. The zero-order valence-electron chi connectivity index (χ0n) is 20.9. The second-order valence-corrected chi connectivity index (χ2v) is 18.8. The predicted molar refractivity (Wildman–Crippen MR) is 147 cm³/mol. The monoisotopic (exact) mass is 558 g/mol. The zero-order valence-corrected chi connectivity index (χ0v) is 23.5. The quantitative estimate of drug-likeness (QED) is 0.235. The Morgan fingerprint density at radius 2 is 1.46 bits per heavy atom. The standard InChI is InChI=1S/C25H30N4O5S2Si/c1-37(2,3)13-12-34-17-29-24(19-7-5-9-21(15-19)36(27,32)33)16-23-22(10-11-28-25(23)29)18-6-4-8-20(14-18)35(26,30)31/h4-11,14-16H,12-13,17H2,1-3H3,(H2,26,30,31)(H2,27,32,33). The molecular formula is C25H30N4O5S2Si. The first-order chi connectivity index (χ1) is 17.2. The molecule has 0 amide bonds. The van der Waals surface area contributed by atoms with Crippen LogP contribution in [0.5, 0.6) is 0 Å². The van der Waals surface area contributed by atoms with Crippen molar-refractivity contribution in [1.29, 1.82) is 0 Å². The number of hydrogen-bond donors (Lipinski definition) is 2. The lowest BCUT2D eigenvalue weighted by molar-refractivity contribution is 0.0909. The van der Waals surface area contributed by atoms with Gasteiger partial charge in [-0.3, -0.25) is 0 Å². The maximum atomic E-state index is 12.0. The first kappa shape index (κ1) is 27.2. The van der Waals surface area contributed by atoms with Crippen molar-refractivity contribution in [2.24, 2.45) is 10.3 Å². The van der Waals surface area contributed by atoms with E-state index in [2.05, 4.69) is 24.6 Å². The number of hydrogen-bond acceptors (Lipinski definition) is 6. The van der Waals surface area contributed by atoms with Gasteiger partial charge in [-0.05, 0) is 59.1 Å². The fourth-order valence-corrected chi connectivity index (χ4v) is 5.85. The van der Waals surface area contributed by atoms with E-state index in [4.69, 9.17) is 15.0 Å². The Bertz CT molecular complexity index is 1680. The Balaban J connectivity index is 1.88. The first-order valence-corrected chi connectivity index (χ1v) is 18.4. The summed E-state index contributed by atoms with van der Waals surface area (Å²) in [4.78, 5) is 4.59. The minimum absolute atomic E-state index is 0.00417. The third-order valence-electron chi connectivity index (χ3n) is 5.95. The van der Waals surface area contributed by atoms with Crippen LogP contribution in [0.1, 0.15) is 0 Å². The summed E-state index contributed by atoms with van der Waals surface area (Å²) >= 11 is 0. The van der Waals surface area contributed by atoms with Crippen LogP contribution in [0.25, 0.3) is 33.4 Å². The topological polar surface area (TPSA) is 147 Å². The molecule has 0 spiro atoms. The van der Waals surface area contributed by atoms with Gasteiger partial charge in [-0.2, -0.15) is 0 Å². The van der Waals surface area contributed by atoms with E-state index in [0.29, 0.717) is 29.1 Å². The Labute approximate surface area is 218 Å². The average Bonchev–Trinajstić information content (AvgIpc) is 3.19. The van der Waals surface area contributed by atoms with Crippen molar-refractivity contribution in [1.82, 2.24) is 9.55 Å². The summed E-state index contributed by atoms with van der Waals surface area (Å²) in [6.07, 6.45) is 1.64. The molecule has 4 N–H and O–H groups in total. The number of nitrogens with zero attached hydrogens (tertiary/aromatic N) is 2. The Morgan fingerprint density at radius 1 is 0.865 bits per heavy atom. The lowest BCUT2D eigenvalue weighted by Gasteiger charge is -2.17. The SMILES string of the molecule is C[Si](C)(C)CCOCn1c(-c2cccc(S(N)(=O)=O)c2)cc2c(-c3cccc(S(N)(=O)=O)c3)ccnc21. The van der Waals surface area contributed by atoms with E-state index in [1.165, 1.54) is 24.3 Å². The smallest absolute Gasteiger partial charge is 0.238 e. The van der Waals surface area contributed by atoms with Crippen LogP contribution in [0.3, 0.4) is 0 Å². The van der Waals surface area contributed by atoms with Gasteiger partial charge in [0.2, 0.25) is 20.0 Å². The van der Waals surface area contributed by atoms with Gasteiger partial charge in [-0.1, -0.05) is 43.9 Å². The summed E-state index contributed by atoms with van der Waals surface area (Å²) in [6.45, 7) is 7.61. The highest BCUT2D eigenvalue weighted by Gasteiger charge is 2.19. The molecule has 12 heteroatoms. The Kier molecular flexibility index (Phi) is 7.43. The van der Waals surface area contributed by atoms with E-state index in [1.54, 1.807) is 36.5 Å². The highest BCUT2D eigenvalue weighted by molar-refractivity contribution is 7.89. The van der Waals surface area contributed by atoms with E-state index in [-0.39, 0.29) is 16.5 Å². The van der Waals surface area contributed by atoms with Crippen molar-refractivity contribution in [3.05, 3.63) is 66.9 Å². The Morgan fingerprint density at radius 3 is 2.05 bits per heavy atom. The predicted octanol–water partition coefficient (Wildman–Crippen LogP) is 3.98. The molecule has 9 nitrogen and oxygen atoms in total. The van der Waals surface area contributed by atoms with Gasteiger partial charge >= 0.3 is 0 Å². The maximum absolute atomic E-state index is 12.0. The van der Waals surface area contributed by atoms with Crippen LogP contribution in [0.2, 0.25) is 25.7 Å². The molecular weight excluding hydrogens is 529 g/mol. The molecule has 0 bridgehead atoms. The third kappa shape index (κ3) is 6.34. The lowest BCUT2D eigenvalue weighted by Crippen LogP contribution is -2.22. The van der Waals surface area contributed by atoms with Gasteiger partial charge in [0, 0.05) is 26.3 Å². The molecule has 4 aromatic rings. The number of primary sulfonamides is 2. The second kappa shape index (κ2) is 10.1. The minimum atomic E-state index is -3.90. The fourth-order valence-electron chi connectivity index (χ4n) is 3.98. The highest BCUT2D eigenvalue weighted by atomic mass is 32.2. The summed E-state index contributed by atoms with van der Waals surface area (Å²) in [6, 6.07) is 17.5. The van der Waals surface area contributed by atoms with E-state index in [1.807, 2.05) is 10.6 Å². The summed E-state index contributed by atoms with van der Waals surface area (Å²) in [5.74, 6) is 0. The molecule has 0 radical (unpaired) electrons. The number of nitrogens with two attached hydrogens (primary N) is 2. The molecule has 4 rings (SSSR count). The molecule has 0 saturated carbocycles. The molecule has 0 aliphatic rings. The molecule has 0 unspecified atom stereocenters. The van der Waals surface area contributed by atoms with Gasteiger partial charge in [-0.25, -0.2) is 32.1 Å². The van der Waals surface area contributed by atoms with Crippen LogP contribution >= 0.6 is 0 Å². The number of benzene rings is 2. The summed E-state index contributed by atoms with van der Waals surface area (Å²) < 4.78 is 55.8. The van der Waals surface area contributed by atoms with Crippen molar-refractivity contribution in [3.63, 3.8) is 0 Å². The number of rotatable bonds is 9. The Hall–Kier alpha value is -2.87. The van der Waals surface area contributed by atoms with Crippen molar-refractivity contribution >= 4 is 39.2 Å². The number of aromatic nitrogens is 2. The summed E-state index contributed by atoms with van der Waals surface area (Å²) in [5.41, 5.74) is 3.34. The van der Waals surface area contributed by atoms with Gasteiger partial charge in [0.1, 0.15) is 12.4 Å². The first-order valence-electron chi connectivity index (χ1n) is 11.6. The molecule has 0 aliphatic carbocycles. The van der Waals surface area contributed by atoms with E-state index in [0.717, 1.165) is 17.0 Å². The highest BCUT2D eigenvalue weighted by Crippen LogP contribution is 2.35. The lowest BCUT2D eigenvalue weighted by atomic mass is 10.0. The van der Waals surface area contributed by atoms with E-state index >= 15 is 0 Å². The maximum Gasteiger partial charge on any atom is 0.238 e. The molecule has 0 aliphatic heterocycles. The number of ether oxygens (including phenoxy) is 1. The van der Waals surface area contributed by atoms with Gasteiger partial charge in [0.05, 0.1) is 15.5 Å². The van der Waals surface area contributed by atoms with Crippen LogP contribution in [0.4, 0.5) is 0 Å². The molecule has 196 valence electrons. The van der Waals surface area contributed by atoms with Crippen LogP contribution in [-0.2, 0) is 31.5 Å². The molecule has 2 aromatic carbocycles. The third-order valence-corrected chi connectivity index (χ3v) is 9.47. The van der Waals surface area contributed by atoms with Gasteiger partial charge in [-0.15, -0.1) is 0 Å². The average molecular weight is 559 g/mol. The van der Waals surface area contributed by atoms with Crippen LogP contribution in [0, 0.1) is 0 Å². The van der Waals surface area contributed by atoms with Crippen LogP contribution in [-0.4, -0.2) is 41.1 Å². The van der Waals surface area contributed by atoms with Crippen LogP contribution in [0.15, 0.2) is 76.7 Å². The fraction of sp³-hybridized carbons (Fsp3) is 0.240. The second-order valence-electron chi connectivity index (χ2n) is 10.0. The number of fused-ring (bicyclic) bond motifs is 1. The number of sulfonamides is 2. The van der Waals surface area contributed by atoms with Gasteiger partial charge in [0.15, 0.2) is 0 Å². The molecule has 0 saturated heterocycles. The molecule has 2 heterocycles. The largest absolute Gasteiger partial charge is 0.361 e. The van der Waals surface area contributed by atoms with Gasteiger partial charge < -0.3 is 9.30 Å². The molecule has 0 atom stereocenters. The summed E-state index contributed by atoms with van der Waals surface area (Å²) in [7, 11) is -9.09. The van der Waals surface area contributed by atoms with E-state index in [9.17, 15) is 16.8 Å². The van der Waals surface area contributed by atoms with Crippen LogP contribution < -0.4 is 10.3 Å². The zero-order chi connectivity index (χ0) is 27.0. The van der Waals surface area contributed by atoms with Crippen molar-refractivity contribution in [2.75, 3.05) is 6.61 Å². The number of pyridine rings is 1. The van der Waals surface area contributed by atoms with Crippen molar-refractivity contribution < 1.29 is 21.6 Å². The molecule has 0 fully saturated rings. The van der Waals surface area contributed by atoms with Crippen molar-refractivity contribution in [3.8, 4) is 22.4 Å². The molecule has 2 aromatic heterocycles. The normalized spacial score (nSPS) is 12.8. The van der Waals surface area contributed by atoms with E-state index < -0.39 is 28.1 Å². The molecule has 37 heavy (non-hydrogen) atoms.